The van der Waals surface area contributed by atoms with Crippen LogP contribution in [0.1, 0.15) is 22.2 Å². The highest BCUT2D eigenvalue weighted by molar-refractivity contribution is 5.89. The van der Waals surface area contributed by atoms with Crippen LogP contribution in [0.5, 0.6) is 0 Å². The second kappa shape index (κ2) is 7.09. The Morgan fingerprint density at radius 3 is 2.48 bits per heavy atom. The Morgan fingerprint density at radius 2 is 1.72 bits per heavy atom. The molecular weight excluding hydrogens is 320 g/mol. The molecule has 0 radical (unpaired) electrons. The highest BCUT2D eigenvalue weighted by Crippen LogP contribution is 2.32. The normalized spacial score (nSPS) is 27.8. The molecule has 1 fully saturated rings. The van der Waals surface area contributed by atoms with Crippen LogP contribution < -0.4 is 0 Å². The van der Waals surface area contributed by atoms with Crippen molar-refractivity contribution in [2.45, 2.75) is 24.6 Å². The van der Waals surface area contributed by atoms with Crippen LogP contribution in [0, 0.1) is 0 Å². The molecular formula is C20H18O5. The van der Waals surface area contributed by atoms with Gasteiger partial charge in [-0.25, -0.2) is 4.79 Å². The molecule has 2 heterocycles. The largest absolute Gasteiger partial charge is 0.493 e. The van der Waals surface area contributed by atoms with Gasteiger partial charge in [0.1, 0.15) is 6.10 Å². The summed E-state index contributed by atoms with van der Waals surface area (Å²) >= 11 is 0. The summed E-state index contributed by atoms with van der Waals surface area (Å²) in [6, 6.07) is 18.6. The lowest BCUT2D eigenvalue weighted by Crippen LogP contribution is -2.50. The van der Waals surface area contributed by atoms with E-state index in [1.807, 2.05) is 36.4 Å². The Labute approximate surface area is 145 Å². The van der Waals surface area contributed by atoms with Crippen molar-refractivity contribution in [1.29, 1.82) is 0 Å². The molecule has 5 nitrogen and oxygen atoms in total. The molecule has 5 heteroatoms. The van der Waals surface area contributed by atoms with Gasteiger partial charge in [-0.05, 0) is 18.2 Å². The molecule has 2 aliphatic rings. The minimum Gasteiger partial charge on any atom is -0.493 e. The number of hydrogen-bond donors (Lipinski definition) is 0. The third-order valence-electron chi connectivity index (χ3n) is 4.23. The fourth-order valence-electron chi connectivity index (χ4n) is 2.94. The van der Waals surface area contributed by atoms with E-state index >= 15 is 0 Å². The summed E-state index contributed by atoms with van der Waals surface area (Å²) in [5, 5.41) is 0. The number of hydrogen-bond acceptors (Lipinski definition) is 5. The first-order valence-corrected chi connectivity index (χ1v) is 8.21. The summed E-state index contributed by atoms with van der Waals surface area (Å²) in [4.78, 5) is 12.4. The average molecular weight is 338 g/mol. The predicted molar refractivity (Wildman–Crippen MR) is 89.7 cm³/mol. The number of benzene rings is 2. The maximum atomic E-state index is 12.4. The number of rotatable bonds is 3. The van der Waals surface area contributed by atoms with E-state index in [1.54, 1.807) is 36.6 Å². The maximum Gasteiger partial charge on any atom is 0.338 e. The van der Waals surface area contributed by atoms with E-state index in [1.165, 1.54) is 0 Å². The summed E-state index contributed by atoms with van der Waals surface area (Å²) in [6.07, 6.45) is 1.49. The average Bonchev–Trinajstić information content (AvgIpc) is 2.69. The van der Waals surface area contributed by atoms with Crippen molar-refractivity contribution in [3.63, 3.8) is 0 Å². The molecule has 4 atom stereocenters. The van der Waals surface area contributed by atoms with Gasteiger partial charge in [-0.15, -0.1) is 0 Å². The van der Waals surface area contributed by atoms with Crippen LogP contribution in [0.2, 0.25) is 0 Å². The topological polar surface area (TPSA) is 54.0 Å². The zero-order chi connectivity index (χ0) is 17.1. The number of ether oxygens (including phenoxy) is 4. The van der Waals surface area contributed by atoms with Gasteiger partial charge in [0.25, 0.3) is 0 Å². The van der Waals surface area contributed by atoms with E-state index in [2.05, 4.69) is 0 Å². The molecule has 0 aromatic heterocycles. The summed E-state index contributed by atoms with van der Waals surface area (Å²) in [7, 11) is 0. The first-order chi connectivity index (χ1) is 12.3. The highest BCUT2D eigenvalue weighted by Gasteiger charge is 2.42. The van der Waals surface area contributed by atoms with Crippen LogP contribution in [0.3, 0.4) is 0 Å². The molecule has 0 spiro atoms. The molecule has 0 N–H and O–H groups in total. The maximum absolute atomic E-state index is 12.4. The Morgan fingerprint density at radius 1 is 1.00 bits per heavy atom. The van der Waals surface area contributed by atoms with Gasteiger partial charge >= 0.3 is 5.97 Å². The Kier molecular flexibility index (Phi) is 4.50. The van der Waals surface area contributed by atoms with Crippen LogP contribution >= 0.6 is 0 Å². The number of carbonyl (C=O) groups excluding carboxylic acids is 1. The molecule has 25 heavy (non-hydrogen) atoms. The summed E-state index contributed by atoms with van der Waals surface area (Å²) in [6.45, 7) is 0.369. The zero-order valence-electron chi connectivity index (χ0n) is 13.5. The third kappa shape index (κ3) is 3.43. The molecule has 0 amide bonds. The lowest BCUT2D eigenvalue weighted by molar-refractivity contribution is -0.276. The van der Waals surface area contributed by atoms with Gasteiger partial charge in [-0.1, -0.05) is 48.5 Å². The molecule has 0 saturated carbocycles. The third-order valence-corrected chi connectivity index (χ3v) is 4.23. The van der Waals surface area contributed by atoms with E-state index in [4.69, 9.17) is 18.9 Å². The van der Waals surface area contributed by atoms with Crippen molar-refractivity contribution in [3.8, 4) is 0 Å². The smallest absolute Gasteiger partial charge is 0.338 e. The van der Waals surface area contributed by atoms with Gasteiger partial charge in [0.2, 0.25) is 0 Å². The molecule has 1 saturated heterocycles. The summed E-state index contributed by atoms with van der Waals surface area (Å²) in [5.74, 6) is -0.387. The fourth-order valence-corrected chi connectivity index (χ4v) is 2.94. The number of esters is 1. The first kappa shape index (κ1) is 15.9. The van der Waals surface area contributed by atoms with Crippen molar-refractivity contribution < 1.29 is 23.7 Å². The van der Waals surface area contributed by atoms with Gasteiger partial charge in [0.15, 0.2) is 18.5 Å². The van der Waals surface area contributed by atoms with E-state index in [0.29, 0.717) is 12.2 Å². The predicted octanol–water partition coefficient (Wildman–Crippen LogP) is 3.24. The lowest BCUT2D eigenvalue weighted by atomic mass is 10.0. The second-order valence-corrected chi connectivity index (χ2v) is 5.92. The molecule has 0 bridgehead atoms. The SMILES string of the molecule is O=C(O[C@H]1C=CO[C@@H]2COC(c3ccccc3)O[C@@H]12)c1ccccc1. The number of carbonyl (C=O) groups is 1. The fraction of sp³-hybridized carbons (Fsp3) is 0.250. The van der Waals surface area contributed by atoms with E-state index < -0.39 is 18.5 Å². The van der Waals surface area contributed by atoms with Gasteiger partial charge < -0.3 is 18.9 Å². The first-order valence-electron chi connectivity index (χ1n) is 8.21. The van der Waals surface area contributed by atoms with Crippen LogP contribution in [-0.4, -0.2) is 30.9 Å². The van der Waals surface area contributed by atoms with Crippen LogP contribution in [0.25, 0.3) is 0 Å². The van der Waals surface area contributed by atoms with Crippen LogP contribution in [0.15, 0.2) is 73.0 Å². The summed E-state index contributed by atoms with van der Waals surface area (Å²) < 4.78 is 23.0. The minimum absolute atomic E-state index is 0.307. The Bertz CT molecular complexity index is 743. The molecule has 4 rings (SSSR count). The quantitative estimate of drug-likeness (QED) is 0.804. The molecule has 2 aliphatic heterocycles. The minimum atomic E-state index is -0.526. The zero-order valence-corrected chi connectivity index (χ0v) is 13.5. The van der Waals surface area contributed by atoms with Gasteiger partial charge in [-0.2, -0.15) is 0 Å². The van der Waals surface area contributed by atoms with Crippen molar-refractivity contribution in [2.24, 2.45) is 0 Å². The van der Waals surface area contributed by atoms with E-state index in [9.17, 15) is 4.79 Å². The second-order valence-electron chi connectivity index (χ2n) is 5.92. The Hall–Kier alpha value is -2.63. The highest BCUT2D eigenvalue weighted by atomic mass is 16.7. The standard InChI is InChI=1S/C20H18O5/c21-19(14-7-3-1-4-8-14)24-16-11-12-22-17-13-23-20(25-18(16)17)15-9-5-2-6-10-15/h1-12,16-18,20H,13H2/t16-,17+,18-,20?/m0/s1. The van der Waals surface area contributed by atoms with Crippen LogP contribution in [0.4, 0.5) is 0 Å². The van der Waals surface area contributed by atoms with E-state index in [-0.39, 0.29) is 12.1 Å². The lowest BCUT2D eigenvalue weighted by Gasteiger charge is -2.40. The molecule has 0 aliphatic carbocycles. The van der Waals surface area contributed by atoms with Gasteiger partial charge in [0, 0.05) is 5.56 Å². The Balaban J connectivity index is 1.49. The van der Waals surface area contributed by atoms with Crippen molar-refractivity contribution >= 4 is 5.97 Å². The van der Waals surface area contributed by atoms with E-state index in [0.717, 1.165) is 5.56 Å². The van der Waals surface area contributed by atoms with Crippen molar-refractivity contribution in [2.75, 3.05) is 6.61 Å². The summed E-state index contributed by atoms with van der Waals surface area (Å²) in [5.41, 5.74) is 1.43. The monoisotopic (exact) mass is 338 g/mol. The van der Waals surface area contributed by atoms with Crippen molar-refractivity contribution in [3.05, 3.63) is 84.1 Å². The molecule has 2 aromatic carbocycles. The number of fused-ring (bicyclic) bond motifs is 1. The molecule has 128 valence electrons. The molecule has 1 unspecified atom stereocenters. The van der Waals surface area contributed by atoms with Crippen LogP contribution in [-0.2, 0) is 18.9 Å². The molecule has 2 aromatic rings. The van der Waals surface area contributed by atoms with Gasteiger partial charge in [-0.3, -0.25) is 0 Å². The van der Waals surface area contributed by atoms with Crippen molar-refractivity contribution in [1.82, 2.24) is 0 Å². The van der Waals surface area contributed by atoms with Gasteiger partial charge in [0.05, 0.1) is 18.4 Å².